The van der Waals surface area contributed by atoms with Crippen molar-refractivity contribution in [3.63, 3.8) is 0 Å². The lowest BCUT2D eigenvalue weighted by Crippen LogP contribution is -2.48. The molecule has 1 aromatic rings. The van der Waals surface area contributed by atoms with Crippen molar-refractivity contribution < 1.29 is 14.3 Å². The van der Waals surface area contributed by atoms with Crippen LogP contribution in [0.3, 0.4) is 0 Å². The Morgan fingerprint density at radius 2 is 1.65 bits per heavy atom. The van der Waals surface area contributed by atoms with Crippen molar-refractivity contribution in [3.8, 4) is 5.75 Å². The molecule has 0 aromatic heterocycles. The second kappa shape index (κ2) is 10.2. The van der Waals surface area contributed by atoms with E-state index >= 15 is 0 Å². The highest BCUT2D eigenvalue weighted by Gasteiger charge is 2.16. The molecule has 0 atom stereocenters. The van der Waals surface area contributed by atoms with Gasteiger partial charge in [0.05, 0.1) is 6.42 Å². The molecule has 1 heterocycles. The molecule has 6 heteroatoms. The zero-order valence-electron chi connectivity index (χ0n) is 13.7. The number of ether oxygens (including phenoxy) is 2. The van der Waals surface area contributed by atoms with Gasteiger partial charge in [0.25, 0.3) is 0 Å². The quantitative estimate of drug-likeness (QED) is 0.530. The number of carbonyl (C=O) groups is 1. The molecule has 1 saturated heterocycles. The average Bonchev–Trinajstić information content (AvgIpc) is 2.59. The molecule has 0 unspecified atom stereocenters. The van der Waals surface area contributed by atoms with Crippen molar-refractivity contribution in [2.75, 3.05) is 59.0 Å². The minimum absolute atomic E-state index is 0.161. The first-order chi connectivity index (χ1) is 11.3. The fraction of sp³-hybridized carbons (Fsp3) is 0.588. The third-order valence-electron chi connectivity index (χ3n) is 3.90. The summed E-state index contributed by atoms with van der Waals surface area (Å²) in [6.45, 7) is 7.12. The van der Waals surface area contributed by atoms with Gasteiger partial charge in [0.15, 0.2) is 0 Å². The maximum absolute atomic E-state index is 11.7. The molecule has 0 amide bonds. The average molecular weight is 321 g/mol. The van der Waals surface area contributed by atoms with Crippen molar-refractivity contribution in [2.45, 2.75) is 6.42 Å². The molecule has 2 rings (SSSR count). The minimum Gasteiger partial charge on any atom is -0.490 e. The number of carbonyl (C=O) groups excluding carboxylic acids is 1. The van der Waals surface area contributed by atoms with E-state index in [1.54, 1.807) is 0 Å². The highest BCUT2D eigenvalue weighted by Crippen LogP contribution is 2.07. The van der Waals surface area contributed by atoms with Crippen molar-refractivity contribution in [3.05, 3.63) is 30.3 Å². The number of hydrogen-bond donors (Lipinski definition) is 1. The number of esters is 1. The van der Waals surface area contributed by atoms with Gasteiger partial charge in [-0.2, -0.15) is 0 Å². The summed E-state index contributed by atoms with van der Waals surface area (Å²) in [6.07, 6.45) is 0.433. The van der Waals surface area contributed by atoms with Crippen molar-refractivity contribution in [2.24, 2.45) is 5.73 Å². The molecule has 0 saturated carbocycles. The molecule has 128 valence electrons. The van der Waals surface area contributed by atoms with Crippen LogP contribution >= 0.6 is 0 Å². The summed E-state index contributed by atoms with van der Waals surface area (Å²) in [6, 6.07) is 9.52. The minimum atomic E-state index is -0.161. The van der Waals surface area contributed by atoms with Crippen LogP contribution in [0.5, 0.6) is 5.75 Å². The van der Waals surface area contributed by atoms with Crippen LogP contribution in [0.2, 0.25) is 0 Å². The summed E-state index contributed by atoms with van der Waals surface area (Å²) < 4.78 is 10.7. The smallest absolute Gasteiger partial charge is 0.307 e. The third kappa shape index (κ3) is 6.99. The van der Waals surface area contributed by atoms with Crippen LogP contribution in [-0.2, 0) is 9.53 Å². The standard InChI is InChI=1S/C17H27N3O3/c18-7-9-20-12-10-19(11-13-20)8-6-17(21)23-15-14-22-16-4-2-1-3-5-16/h1-5H,6-15,18H2. The lowest BCUT2D eigenvalue weighted by atomic mass is 10.3. The molecule has 0 aliphatic carbocycles. The first kappa shape index (κ1) is 17.7. The number of rotatable bonds is 9. The predicted molar refractivity (Wildman–Crippen MR) is 89.4 cm³/mol. The van der Waals surface area contributed by atoms with Crippen molar-refractivity contribution in [1.29, 1.82) is 0 Å². The third-order valence-corrected chi connectivity index (χ3v) is 3.90. The van der Waals surface area contributed by atoms with Gasteiger partial charge in [-0.25, -0.2) is 0 Å². The fourth-order valence-electron chi connectivity index (χ4n) is 2.57. The van der Waals surface area contributed by atoms with Gasteiger partial charge in [-0.15, -0.1) is 0 Å². The Bertz CT molecular complexity index is 448. The maximum Gasteiger partial charge on any atom is 0.307 e. The van der Waals surface area contributed by atoms with Crippen molar-refractivity contribution >= 4 is 5.97 Å². The molecular formula is C17H27N3O3. The Labute approximate surface area is 138 Å². The summed E-state index contributed by atoms with van der Waals surface area (Å²) in [7, 11) is 0. The Kier molecular flexibility index (Phi) is 7.86. The number of nitrogens with zero attached hydrogens (tertiary/aromatic N) is 2. The summed E-state index contributed by atoms with van der Waals surface area (Å²) >= 11 is 0. The zero-order chi connectivity index (χ0) is 16.3. The van der Waals surface area contributed by atoms with Gasteiger partial charge in [0, 0.05) is 45.8 Å². The van der Waals surface area contributed by atoms with Crippen LogP contribution in [0.4, 0.5) is 0 Å². The Hall–Kier alpha value is -1.63. The van der Waals surface area contributed by atoms with Gasteiger partial charge in [0.2, 0.25) is 0 Å². The van der Waals surface area contributed by atoms with E-state index in [1.807, 2.05) is 30.3 Å². The summed E-state index contributed by atoms with van der Waals surface area (Å²) in [5.41, 5.74) is 5.56. The van der Waals surface area contributed by atoms with E-state index in [0.717, 1.165) is 45.0 Å². The monoisotopic (exact) mass is 321 g/mol. The van der Waals surface area contributed by atoms with Gasteiger partial charge in [-0.3, -0.25) is 9.69 Å². The molecule has 2 N–H and O–H groups in total. The largest absolute Gasteiger partial charge is 0.490 e. The SMILES string of the molecule is NCCN1CCN(CCC(=O)OCCOc2ccccc2)CC1. The van der Waals surface area contributed by atoms with Crippen molar-refractivity contribution in [1.82, 2.24) is 9.80 Å². The Morgan fingerprint density at radius 3 is 2.30 bits per heavy atom. The number of para-hydroxylation sites is 1. The highest BCUT2D eigenvalue weighted by molar-refractivity contribution is 5.69. The predicted octanol–water partition coefficient (Wildman–Crippen LogP) is 0.575. The first-order valence-corrected chi connectivity index (χ1v) is 8.26. The maximum atomic E-state index is 11.7. The van der Waals surface area contributed by atoms with Crippen LogP contribution in [0, 0.1) is 0 Å². The molecule has 0 bridgehead atoms. The lowest BCUT2D eigenvalue weighted by Gasteiger charge is -2.34. The van der Waals surface area contributed by atoms with E-state index in [-0.39, 0.29) is 12.6 Å². The van der Waals surface area contributed by atoms with Crippen LogP contribution in [-0.4, -0.2) is 74.8 Å². The topological polar surface area (TPSA) is 68.0 Å². The molecule has 23 heavy (non-hydrogen) atoms. The highest BCUT2D eigenvalue weighted by atomic mass is 16.6. The van der Waals surface area contributed by atoms with Gasteiger partial charge >= 0.3 is 5.97 Å². The van der Waals surface area contributed by atoms with Crippen LogP contribution < -0.4 is 10.5 Å². The fourth-order valence-corrected chi connectivity index (χ4v) is 2.57. The molecule has 1 fully saturated rings. The molecule has 0 spiro atoms. The Morgan fingerprint density at radius 1 is 1.00 bits per heavy atom. The van der Waals surface area contributed by atoms with Crippen LogP contribution in [0.15, 0.2) is 30.3 Å². The van der Waals surface area contributed by atoms with E-state index in [2.05, 4.69) is 9.80 Å². The van der Waals surface area contributed by atoms with Gasteiger partial charge < -0.3 is 20.1 Å². The number of piperazine rings is 1. The molecule has 1 aromatic carbocycles. The number of nitrogens with two attached hydrogens (primary N) is 1. The zero-order valence-corrected chi connectivity index (χ0v) is 13.7. The van der Waals surface area contributed by atoms with Crippen LogP contribution in [0.25, 0.3) is 0 Å². The van der Waals surface area contributed by atoms with E-state index in [1.165, 1.54) is 0 Å². The lowest BCUT2D eigenvalue weighted by molar-refractivity contribution is -0.144. The Balaban J connectivity index is 1.50. The van der Waals surface area contributed by atoms with Gasteiger partial charge in [-0.05, 0) is 12.1 Å². The van der Waals surface area contributed by atoms with Crippen LogP contribution in [0.1, 0.15) is 6.42 Å². The van der Waals surface area contributed by atoms with E-state index in [9.17, 15) is 4.79 Å². The molecule has 6 nitrogen and oxygen atoms in total. The van der Waals surface area contributed by atoms with E-state index in [0.29, 0.717) is 19.6 Å². The summed E-state index contributed by atoms with van der Waals surface area (Å²) in [5.74, 6) is 0.630. The summed E-state index contributed by atoms with van der Waals surface area (Å²) in [4.78, 5) is 16.4. The number of hydrogen-bond acceptors (Lipinski definition) is 6. The number of benzene rings is 1. The molecule has 1 aliphatic heterocycles. The molecule has 1 aliphatic rings. The first-order valence-electron chi connectivity index (χ1n) is 8.26. The second-order valence-corrected chi connectivity index (χ2v) is 5.60. The van der Waals surface area contributed by atoms with Gasteiger partial charge in [0.1, 0.15) is 19.0 Å². The summed E-state index contributed by atoms with van der Waals surface area (Å²) in [5, 5.41) is 0. The molecule has 0 radical (unpaired) electrons. The van der Waals surface area contributed by atoms with E-state index < -0.39 is 0 Å². The van der Waals surface area contributed by atoms with E-state index in [4.69, 9.17) is 15.2 Å². The second-order valence-electron chi connectivity index (χ2n) is 5.60. The van der Waals surface area contributed by atoms with Gasteiger partial charge in [-0.1, -0.05) is 18.2 Å². The normalized spacial score (nSPS) is 16.2. The molecular weight excluding hydrogens is 294 g/mol.